The predicted molar refractivity (Wildman–Crippen MR) is 98.3 cm³/mol. The molecule has 6 heteroatoms. The number of guanidine groups is 1. The van der Waals surface area contributed by atoms with E-state index in [1.807, 2.05) is 6.92 Å². The molecule has 0 aliphatic heterocycles. The van der Waals surface area contributed by atoms with Crippen molar-refractivity contribution < 1.29 is 9.13 Å². The van der Waals surface area contributed by atoms with E-state index >= 15 is 0 Å². The highest BCUT2D eigenvalue weighted by atomic mass is 127. The second kappa shape index (κ2) is 9.99. The van der Waals surface area contributed by atoms with Gasteiger partial charge in [0, 0.05) is 20.2 Å². The third-order valence-corrected chi connectivity index (χ3v) is 3.54. The third-order valence-electron chi connectivity index (χ3n) is 3.54. The molecule has 124 valence electrons. The van der Waals surface area contributed by atoms with Gasteiger partial charge in [-0.1, -0.05) is 12.1 Å². The molecule has 1 aromatic carbocycles. The van der Waals surface area contributed by atoms with Gasteiger partial charge >= 0.3 is 0 Å². The van der Waals surface area contributed by atoms with Crippen molar-refractivity contribution in [1.29, 1.82) is 0 Å². The van der Waals surface area contributed by atoms with E-state index in [4.69, 9.17) is 4.74 Å². The first-order valence-corrected chi connectivity index (χ1v) is 7.53. The molecule has 1 aliphatic rings. The van der Waals surface area contributed by atoms with Crippen molar-refractivity contribution in [2.45, 2.75) is 25.9 Å². The Morgan fingerprint density at radius 2 is 2.00 bits per heavy atom. The van der Waals surface area contributed by atoms with Crippen LogP contribution < -0.4 is 10.6 Å². The molecule has 0 bridgehead atoms. The monoisotopic (exact) mass is 421 g/mol. The summed E-state index contributed by atoms with van der Waals surface area (Å²) in [6.07, 6.45) is 2.45. The molecule has 1 atom stereocenters. The van der Waals surface area contributed by atoms with E-state index in [2.05, 4.69) is 15.6 Å². The molecule has 2 N–H and O–H groups in total. The van der Waals surface area contributed by atoms with Gasteiger partial charge in [-0.05, 0) is 43.4 Å². The Balaban J connectivity index is 0.00000242. The molecule has 4 nitrogen and oxygen atoms in total. The number of ether oxygens (including phenoxy) is 1. The second-order valence-corrected chi connectivity index (χ2v) is 5.32. The lowest BCUT2D eigenvalue weighted by Crippen LogP contribution is -2.38. The maximum absolute atomic E-state index is 13.0. The van der Waals surface area contributed by atoms with E-state index < -0.39 is 0 Å². The maximum Gasteiger partial charge on any atom is 0.191 e. The van der Waals surface area contributed by atoms with Gasteiger partial charge in [0.25, 0.3) is 0 Å². The van der Waals surface area contributed by atoms with Gasteiger partial charge in [0.1, 0.15) is 11.9 Å². The zero-order chi connectivity index (χ0) is 15.1. The van der Waals surface area contributed by atoms with Crippen molar-refractivity contribution in [3.8, 4) is 0 Å². The molecule has 0 aromatic heterocycles. The standard InChI is InChI=1S/C16H24FN3O.HI/c1-3-18-16(19-10-12-4-5-12)20-11-15(21-2)13-6-8-14(17)9-7-13;/h6-9,12,15H,3-5,10-11H2,1-2H3,(H2,18,19,20);1H. The van der Waals surface area contributed by atoms with Crippen LogP contribution in [-0.2, 0) is 4.74 Å². The van der Waals surface area contributed by atoms with E-state index in [9.17, 15) is 4.39 Å². The molecule has 0 spiro atoms. The van der Waals surface area contributed by atoms with Crippen LogP contribution >= 0.6 is 24.0 Å². The topological polar surface area (TPSA) is 45.7 Å². The van der Waals surface area contributed by atoms with Crippen LogP contribution in [0.1, 0.15) is 31.4 Å². The highest BCUT2D eigenvalue weighted by Gasteiger charge is 2.21. The Bertz CT molecular complexity index is 463. The number of nitrogens with zero attached hydrogens (tertiary/aromatic N) is 1. The minimum absolute atomic E-state index is 0. The van der Waals surface area contributed by atoms with Crippen molar-refractivity contribution in [2.75, 3.05) is 26.7 Å². The number of hydrogen-bond donors (Lipinski definition) is 2. The Kier molecular flexibility index (Phi) is 8.70. The van der Waals surface area contributed by atoms with Crippen molar-refractivity contribution >= 4 is 29.9 Å². The lowest BCUT2D eigenvalue weighted by molar-refractivity contribution is 0.111. The number of benzene rings is 1. The van der Waals surface area contributed by atoms with Gasteiger partial charge < -0.3 is 15.4 Å². The molecule has 1 unspecified atom stereocenters. The van der Waals surface area contributed by atoms with E-state index in [-0.39, 0.29) is 35.9 Å². The summed E-state index contributed by atoms with van der Waals surface area (Å²) in [6, 6.07) is 6.37. The minimum atomic E-state index is -0.239. The molecule has 1 fully saturated rings. The van der Waals surface area contributed by atoms with Crippen LogP contribution in [-0.4, -0.2) is 32.7 Å². The van der Waals surface area contributed by atoms with Crippen LogP contribution in [0.15, 0.2) is 29.3 Å². The quantitative estimate of drug-likeness (QED) is 0.404. The number of aliphatic imine (C=N–C) groups is 1. The van der Waals surface area contributed by atoms with Crippen LogP contribution in [0.3, 0.4) is 0 Å². The fourth-order valence-electron chi connectivity index (χ4n) is 2.07. The first-order chi connectivity index (χ1) is 10.2. The molecular formula is C16H25FIN3O. The zero-order valence-electron chi connectivity index (χ0n) is 13.1. The van der Waals surface area contributed by atoms with Gasteiger partial charge in [0.05, 0.1) is 6.54 Å². The predicted octanol–water partition coefficient (Wildman–Crippen LogP) is 3.10. The molecule has 2 rings (SSSR count). The Morgan fingerprint density at radius 3 is 2.55 bits per heavy atom. The Hall–Kier alpha value is -0.890. The number of methoxy groups -OCH3 is 1. The number of rotatable bonds is 7. The normalized spacial score (nSPS) is 15.9. The van der Waals surface area contributed by atoms with Crippen LogP contribution in [0, 0.1) is 11.7 Å². The molecule has 0 radical (unpaired) electrons. The molecule has 1 aliphatic carbocycles. The van der Waals surface area contributed by atoms with Gasteiger partial charge in [-0.15, -0.1) is 24.0 Å². The van der Waals surface area contributed by atoms with Gasteiger partial charge in [-0.2, -0.15) is 0 Å². The average molecular weight is 421 g/mol. The maximum atomic E-state index is 13.0. The number of nitrogens with one attached hydrogen (secondary N) is 2. The van der Waals surface area contributed by atoms with E-state index in [0.29, 0.717) is 6.54 Å². The van der Waals surface area contributed by atoms with Gasteiger partial charge in [-0.25, -0.2) is 4.39 Å². The first kappa shape index (κ1) is 19.2. The van der Waals surface area contributed by atoms with Gasteiger partial charge in [0.15, 0.2) is 5.96 Å². The van der Waals surface area contributed by atoms with Crippen LogP contribution in [0.25, 0.3) is 0 Å². The summed E-state index contributed by atoms with van der Waals surface area (Å²) in [5, 5.41) is 6.58. The lowest BCUT2D eigenvalue weighted by atomic mass is 10.1. The fourth-order valence-corrected chi connectivity index (χ4v) is 2.07. The van der Waals surface area contributed by atoms with Crippen molar-refractivity contribution in [1.82, 2.24) is 10.6 Å². The Labute approximate surface area is 148 Å². The molecule has 1 aromatic rings. The summed E-state index contributed by atoms with van der Waals surface area (Å²) in [6.45, 7) is 4.34. The third kappa shape index (κ3) is 6.48. The van der Waals surface area contributed by atoms with Crippen LogP contribution in [0.2, 0.25) is 0 Å². The van der Waals surface area contributed by atoms with Crippen LogP contribution in [0.5, 0.6) is 0 Å². The molecule has 22 heavy (non-hydrogen) atoms. The fraction of sp³-hybridized carbons (Fsp3) is 0.562. The zero-order valence-corrected chi connectivity index (χ0v) is 15.5. The average Bonchev–Trinajstić information content (AvgIpc) is 3.31. The Morgan fingerprint density at radius 1 is 1.32 bits per heavy atom. The summed E-state index contributed by atoms with van der Waals surface area (Å²) in [5.41, 5.74) is 0.931. The smallest absolute Gasteiger partial charge is 0.191 e. The van der Waals surface area contributed by atoms with Crippen LogP contribution in [0.4, 0.5) is 4.39 Å². The van der Waals surface area contributed by atoms with Crippen molar-refractivity contribution in [3.05, 3.63) is 35.6 Å². The molecule has 0 heterocycles. The highest BCUT2D eigenvalue weighted by molar-refractivity contribution is 14.0. The first-order valence-electron chi connectivity index (χ1n) is 7.53. The summed E-state index contributed by atoms with van der Waals surface area (Å²) >= 11 is 0. The molecular weight excluding hydrogens is 396 g/mol. The van der Waals surface area contributed by atoms with Crippen molar-refractivity contribution in [2.24, 2.45) is 10.9 Å². The lowest BCUT2D eigenvalue weighted by Gasteiger charge is -2.16. The summed E-state index contributed by atoms with van der Waals surface area (Å²) in [4.78, 5) is 4.56. The highest BCUT2D eigenvalue weighted by Crippen LogP contribution is 2.27. The summed E-state index contributed by atoms with van der Waals surface area (Å²) in [7, 11) is 1.65. The van der Waals surface area contributed by atoms with Crippen molar-refractivity contribution in [3.63, 3.8) is 0 Å². The summed E-state index contributed by atoms with van der Waals surface area (Å²) < 4.78 is 18.4. The SMILES string of the molecule is CCNC(=NCC(OC)c1ccc(F)cc1)NCC1CC1.I. The molecule has 1 saturated carbocycles. The minimum Gasteiger partial charge on any atom is -0.375 e. The van der Waals surface area contributed by atoms with E-state index in [1.165, 1.54) is 25.0 Å². The second-order valence-electron chi connectivity index (χ2n) is 5.32. The molecule has 0 saturated heterocycles. The molecule has 0 amide bonds. The van der Waals surface area contributed by atoms with E-state index in [0.717, 1.165) is 30.5 Å². The van der Waals surface area contributed by atoms with Gasteiger partial charge in [-0.3, -0.25) is 4.99 Å². The number of halogens is 2. The number of hydrogen-bond acceptors (Lipinski definition) is 2. The van der Waals surface area contributed by atoms with Gasteiger partial charge in [0.2, 0.25) is 0 Å². The largest absolute Gasteiger partial charge is 0.375 e. The summed E-state index contributed by atoms with van der Waals surface area (Å²) in [5.74, 6) is 1.37. The van der Waals surface area contributed by atoms with E-state index in [1.54, 1.807) is 19.2 Å².